The molecule has 0 bridgehead atoms. The number of hydrogen-bond acceptors (Lipinski definition) is 2. The van der Waals surface area contributed by atoms with Crippen molar-refractivity contribution in [1.82, 2.24) is 10.6 Å². The van der Waals surface area contributed by atoms with Gasteiger partial charge in [0.2, 0.25) is 0 Å². The summed E-state index contributed by atoms with van der Waals surface area (Å²) in [4.78, 5) is 25.5. The average Bonchev–Trinajstić information content (AvgIpc) is 2.95. The number of benzene rings is 6. The van der Waals surface area contributed by atoms with Gasteiger partial charge in [0.25, 0.3) is 11.8 Å². The Morgan fingerprint density at radius 1 is 0.475 bits per heavy atom. The van der Waals surface area contributed by atoms with Crippen molar-refractivity contribution in [3.8, 4) is 0 Å². The van der Waals surface area contributed by atoms with E-state index < -0.39 is 0 Å². The molecule has 2 amide bonds. The highest BCUT2D eigenvalue weighted by molar-refractivity contribution is 6.23. The topological polar surface area (TPSA) is 58.2 Å². The van der Waals surface area contributed by atoms with Crippen LogP contribution in [0.3, 0.4) is 0 Å². The monoisotopic (exact) mass is 524 g/mol. The van der Waals surface area contributed by atoms with E-state index in [9.17, 15) is 9.59 Å². The van der Waals surface area contributed by atoms with Crippen molar-refractivity contribution in [1.29, 1.82) is 0 Å². The van der Waals surface area contributed by atoms with Crippen LogP contribution in [0.4, 0.5) is 0 Å². The molecule has 0 aromatic heterocycles. The fourth-order valence-corrected chi connectivity index (χ4v) is 5.50. The lowest BCUT2D eigenvalue weighted by Crippen LogP contribution is -2.23. The van der Waals surface area contributed by atoms with Gasteiger partial charge in [-0.2, -0.15) is 0 Å². The first-order chi connectivity index (χ1) is 19.3. The fraction of sp³-hybridized carbons (Fsp3) is 0.167. The summed E-state index contributed by atoms with van der Waals surface area (Å²) in [6.45, 7) is 9.07. The standard InChI is InChI=1S/C36H32N2O2/c1-21-5-7-31(13-23(21)3)35(39)37-19-25-15-27-9-11-29-17-26(18-30-12-10-28(16-25)33(27)34(29)30)20-38-36(40)32-8-6-22(2)24(4)14-32/h5-18H,19-20H2,1-4H3,(H,37,39)(H,38,40). The minimum absolute atomic E-state index is 0.0645. The van der Waals surface area contributed by atoms with E-state index in [1.165, 1.54) is 21.9 Å². The third-order valence-corrected chi connectivity index (χ3v) is 8.10. The molecule has 0 fully saturated rings. The van der Waals surface area contributed by atoms with Gasteiger partial charge >= 0.3 is 0 Å². The summed E-state index contributed by atoms with van der Waals surface area (Å²) in [5.41, 5.74) is 8.08. The van der Waals surface area contributed by atoms with Crippen molar-refractivity contribution in [2.45, 2.75) is 40.8 Å². The van der Waals surface area contributed by atoms with Gasteiger partial charge in [0.05, 0.1) is 0 Å². The van der Waals surface area contributed by atoms with Gasteiger partial charge in [0.15, 0.2) is 0 Å². The number of carbonyl (C=O) groups is 2. The van der Waals surface area contributed by atoms with Crippen molar-refractivity contribution < 1.29 is 9.59 Å². The highest BCUT2D eigenvalue weighted by Crippen LogP contribution is 2.36. The smallest absolute Gasteiger partial charge is 0.251 e. The molecule has 0 saturated carbocycles. The summed E-state index contributed by atoms with van der Waals surface area (Å²) in [5.74, 6) is -0.129. The van der Waals surface area contributed by atoms with Gasteiger partial charge in [-0.1, -0.05) is 36.4 Å². The molecule has 0 radical (unpaired) electrons. The second kappa shape index (κ2) is 10.1. The molecule has 0 spiro atoms. The lowest BCUT2D eigenvalue weighted by atomic mass is 9.91. The molecule has 40 heavy (non-hydrogen) atoms. The van der Waals surface area contributed by atoms with Gasteiger partial charge in [-0.25, -0.2) is 0 Å². The summed E-state index contributed by atoms with van der Waals surface area (Å²) in [6, 6.07) is 28.9. The maximum absolute atomic E-state index is 12.8. The van der Waals surface area contributed by atoms with E-state index in [0.29, 0.717) is 24.2 Å². The van der Waals surface area contributed by atoms with E-state index in [-0.39, 0.29) is 11.8 Å². The van der Waals surface area contributed by atoms with Crippen molar-refractivity contribution in [2.24, 2.45) is 0 Å². The fourth-order valence-electron chi connectivity index (χ4n) is 5.50. The molecular formula is C36H32N2O2. The maximum atomic E-state index is 12.8. The molecule has 0 saturated heterocycles. The second-order valence-corrected chi connectivity index (χ2v) is 10.9. The molecule has 0 aliphatic rings. The van der Waals surface area contributed by atoms with Crippen LogP contribution in [0.5, 0.6) is 0 Å². The largest absolute Gasteiger partial charge is 0.348 e. The van der Waals surface area contributed by atoms with Crippen LogP contribution in [0.1, 0.15) is 54.1 Å². The number of rotatable bonds is 6. The van der Waals surface area contributed by atoms with Gasteiger partial charge in [-0.15, -0.1) is 0 Å². The Bertz CT molecular complexity index is 1730. The summed E-state index contributed by atoms with van der Waals surface area (Å²) in [7, 11) is 0. The molecule has 0 aliphatic carbocycles. The third-order valence-electron chi connectivity index (χ3n) is 8.10. The molecule has 0 aliphatic heterocycles. The normalized spacial score (nSPS) is 11.4. The molecule has 4 nitrogen and oxygen atoms in total. The van der Waals surface area contributed by atoms with Crippen LogP contribution in [-0.2, 0) is 13.1 Å². The van der Waals surface area contributed by atoms with Gasteiger partial charge < -0.3 is 10.6 Å². The molecule has 6 aromatic carbocycles. The molecule has 0 heterocycles. The lowest BCUT2D eigenvalue weighted by molar-refractivity contribution is 0.0943. The molecule has 4 heteroatoms. The minimum Gasteiger partial charge on any atom is -0.348 e. The average molecular weight is 525 g/mol. The highest BCUT2D eigenvalue weighted by atomic mass is 16.2. The van der Waals surface area contributed by atoms with E-state index in [4.69, 9.17) is 0 Å². The zero-order chi connectivity index (χ0) is 28.0. The zero-order valence-corrected chi connectivity index (χ0v) is 23.3. The number of nitrogens with one attached hydrogen (secondary N) is 2. The van der Waals surface area contributed by atoms with Crippen LogP contribution in [0.25, 0.3) is 32.3 Å². The maximum Gasteiger partial charge on any atom is 0.251 e. The molecular weight excluding hydrogens is 492 g/mol. The van der Waals surface area contributed by atoms with Crippen molar-refractivity contribution in [2.75, 3.05) is 0 Å². The van der Waals surface area contributed by atoms with Crippen LogP contribution in [0.2, 0.25) is 0 Å². The van der Waals surface area contributed by atoms with E-state index in [1.807, 2.05) is 64.1 Å². The van der Waals surface area contributed by atoms with Crippen molar-refractivity contribution in [3.63, 3.8) is 0 Å². The van der Waals surface area contributed by atoms with E-state index in [0.717, 1.165) is 43.8 Å². The molecule has 0 atom stereocenters. The second-order valence-electron chi connectivity index (χ2n) is 10.9. The van der Waals surface area contributed by atoms with Gasteiger partial charge in [0.1, 0.15) is 0 Å². The Balaban J connectivity index is 1.24. The van der Waals surface area contributed by atoms with E-state index in [1.54, 1.807) is 0 Å². The van der Waals surface area contributed by atoms with E-state index in [2.05, 4.69) is 59.2 Å². The number of hydrogen-bond donors (Lipinski definition) is 2. The molecule has 6 aromatic rings. The Morgan fingerprint density at radius 2 is 0.825 bits per heavy atom. The Hall–Kier alpha value is -4.70. The predicted molar refractivity (Wildman–Crippen MR) is 164 cm³/mol. The first-order valence-corrected chi connectivity index (χ1v) is 13.7. The highest BCUT2D eigenvalue weighted by Gasteiger charge is 2.13. The quantitative estimate of drug-likeness (QED) is 0.220. The first-order valence-electron chi connectivity index (χ1n) is 13.7. The summed E-state index contributed by atoms with van der Waals surface area (Å²) in [5, 5.41) is 13.2. The van der Waals surface area contributed by atoms with E-state index >= 15 is 0 Å². The van der Waals surface area contributed by atoms with Crippen molar-refractivity contribution in [3.05, 3.63) is 129 Å². The van der Waals surface area contributed by atoms with Crippen LogP contribution >= 0.6 is 0 Å². The van der Waals surface area contributed by atoms with Gasteiger partial charge in [-0.3, -0.25) is 9.59 Å². The summed E-state index contributed by atoms with van der Waals surface area (Å²) >= 11 is 0. The van der Waals surface area contributed by atoms with Gasteiger partial charge in [0, 0.05) is 24.2 Å². The Morgan fingerprint density at radius 3 is 1.15 bits per heavy atom. The number of carbonyl (C=O) groups excluding carboxylic acids is 2. The van der Waals surface area contributed by atoms with Crippen LogP contribution in [0, 0.1) is 27.7 Å². The summed E-state index contributed by atoms with van der Waals surface area (Å²) in [6.07, 6.45) is 0. The lowest BCUT2D eigenvalue weighted by Gasteiger charge is -2.15. The van der Waals surface area contributed by atoms with Crippen LogP contribution in [0.15, 0.2) is 84.9 Å². The number of amides is 2. The van der Waals surface area contributed by atoms with Crippen LogP contribution in [-0.4, -0.2) is 11.8 Å². The number of aryl methyl sites for hydroxylation is 4. The molecule has 0 unspecified atom stereocenters. The molecule has 198 valence electrons. The Labute approximate surface area is 234 Å². The SMILES string of the molecule is Cc1ccc(C(=O)NCc2cc3ccc4cc(CNC(=O)c5ccc(C)c(C)c5)cc5ccc(c2)c3c45)cc1C. The third kappa shape index (κ3) is 4.77. The zero-order valence-electron chi connectivity index (χ0n) is 23.3. The van der Waals surface area contributed by atoms with Crippen LogP contribution < -0.4 is 10.6 Å². The molecule has 6 rings (SSSR count). The molecule has 2 N–H and O–H groups in total. The summed E-state index contributed by atoms with van der Waals surface area (Å²) < 4.78 is 0. The van der Waals surface area contributed by atoms with Crippen molar-refractivity contribution >= 4 is 44.1 Å². The Kier molecular flexibility index (Phi) is 6.47. The predicted octanol–water partition coefficient (Wildman–Crippen LogP) is 7.68. The van der Waals surface area contributed by atoms with Gasteiger partial charge in [-0.05, 0) is 142 Å². The minimum atomic E-state index is -0.0645. The first kappa shape index (κ1) is 25.6.